The molecule has 0 spiro atoms. The first-order chi connectivity index (χ1) is 8.07. The molecule has 0 bridgehead atoms. The summed E-state index contributed by atoms with van der Waals surface area (Å²) in [5.74, 6) is -0.134. The lowest BCUT2D eigenvalue weighted by molar-refractivity contribution is 0.0467. The molecule has 1 aliphatic carbocycles. The Balaban J connectivity index is 2.30. The van der Waals surface area contributed by atoms with Gasteiger partial charge in [0.15, 0.2) is 5.78 Å². The largest absolute Gasteiger partial charge is 0.305 e. The van der Waals surface area contributed by atoms with Crippen LogP contribution >= 0.6 is 0 Å². The van der Waals surface area contributed by atoms with Crippen LogP contribution in [0.25, 0.3) is 0 Å². The molecule has 1 aromatic rings. The summed E-state index contributed by atoms with van der Waals surface area (Å²) < 4.78 is 21.0. The number of ketones is 1. The van der Waals surface area contributed by atoms with E-state index in [-0.39, 0.29) is 5.78 Å². The zero-order valence-electron chi connectivity index (χ0n) is 9.76. The first-order valence-electron chi connectivity index (χ1n) is 5.35. The Morgan fingerprint density at radius 2 is 2.06 bits per heavy atom. The predicted molar refractivity (Wildman–Crippen MR) is 63.7 cm³/mol. The molecule has 0 aromatic heterocycles. The second-order valence-electron chi connectivity index (χ2n) is 4.17. The zero-order valence-corrected chi connectivity index (χ0v) is 10.6. The summed E-state index contributed by atoms with van der Waals surface area (Å²) in [4.78, 5) is 12.3. The highest BCUT2D eigenvalue weighted by atomic mass is 32.2. The Bertz CT molecular complexity index is 471. The summed E-state index contributed by atoms with van der Waals surface area (Å²) in [6.07, 6.45) is 1.25. The summed E-state index contributed by atoms with van der Waals surface area (Å²) in [5, 5.41) is 0. The average Bonchev–Trinajstić information content (AvgIpc) is 2.34. The second kappa shape index (κ2) is 4.68. The minimum Gasteiger partial charge on any atom is -0.291 e. The monoisotopic (exact) mass is 254 g/mol. The van der Waals surface area contributed by atoms with Crippen LogP contribution in [0.4, 0.5) is 0 Å². The number of aryl methyl sites for hydroxylation is 1. The molecular formula is C12H14O4S. The first-order valence-corrected chi connectivity index (χ1v) is 6.35. The van der Waals surface area contributed by atoms with Crippen LogP contribution in [0.3, 0.4) is 0 Å². The van der Waals surface area contributed by atoms with Gasteiger partial charge in [-0.1, -0.05) is 24.3 Å². The van der Waals surface area contributed by atoms with Crippen molar-refractivity contribution in [2.45, 2.75) is 25.4 Å². The summed E-state index contributed by atoms with van der Waals surface area (Å²) >= 11 is -1.88. The Labute approximate surface area is 103 Å². The topological polar surface area (TPSA) is 52.6 Å². The van der Waals surface area contributed by atoms with Gasteiger partial charge in [0, 0.05) is 5.56 Å². The van der Waals surface area contributed by atoms with E-state index >= 15 is 0 Å². The van der Waals surface area contributed by atoms with Crippen LogP contribution in [0, 0.1) is 0 Å². The van der Waals surface area contributed by atoms with Crippen molar-refractivity contribution < 1.29 is 17.4 Å². The summed E-state index contributed by atoms with van der Waals surface area (Å²) in [5.41, 5.74) is 0.603. The second-order valence-corrected chi connectivity index (χ2v) is 5.08. The molecule has 0 fully saturated rings. The maximum Gasteiger partial charge on any atom is 0.305 e. The fraction of sp³-hybridized carbons (Fsp3) is 0.417. The molecule has 0 N–H and O–H groups in total. The van der Waals surface area contributed by atoms with E-state index in [2.05, 4.69) is 4.18 Å². The number of rotatable bonds is 3. The van der Waals surface area contributed by atoms with Crippen LogP contribution < -0.4 is 0 Å². The fourth-order valence-electron chi connectivity index (χ4n) is 2.00. The molecule has 0 saturated heterocycles. The maximum absolute atomic E-state index is 12.3. The van der Waals surface area contributed by atoms with E-state index in [0.717, 1.165) is 12.0 Å². The van der Waals surface area contributed by atoms with Crippen molar-refractivity contribution in [3.8, 4) is 0 Å². The third kappa shape index (κ3) is 2.31. The number of hydrogen-bond acceptors (Lipinski definition) is 4. The Morgan fingerprint density at radius 1 is 1.35 bits per heavy atom. The zero-order chi connectivity index (χ0) is 12.5. The third-order valence-electron chi connectivity index (χ3n) is 3.00. The molecule has 0 aliphatic heterocycles. The van der Waals surface area contributed by atoms with E-state index in [1.165, 1.54) is 7.11 Å². The van der Waals surface area contributed by atoms with Crippen molar-refractivity contribution >= 4 is 17.1 Å². The molecular weight excluding hydrogens is 240 g/mol. The van der Waals surface area contributed by atoms with Gasteiger partial charge in [0.2, 0.25) is 0 Å². The van der Waals surface area contributed by atoms with Gasteiger partial charge in [0.1, 0.15) is 5.60 Å². The summed E-state index contributed by atoms with van der Waals surface area (Å²) in [7, 11) is 1.28. The van der Waals surface area contributed by atoms with Gasteiger partial charge in [0.25, 0.3) is 0 Å². The Morgan fingerprint density at radius 3 is 2.76 bits per heavy atom. The van der Waals surface area contributed by atoms with Gasteiger partial charge in [-0.25, -0.2) is 0 Å². The number of carbonyl (C=O) groups is 1. The molecule has 0 radical (unpaired) electrons. The minimum atomic E-state index is -1.88. The van der Waals surface area contributed by atoms with E-state index < -0.39 is 17.0 Å². The Kier molecular flexibility index (Phi) is 3.42. The maximum atomic E-state index is 12.3. The molecule has 1 aromatic carbocycles. The molecule has 17 heavy (non-hydrogen) atoms. The molecule has 5 heteroatoms. The SMILES string of the molecule is COS(=O)OC1(C)CCc2ccccc2C1=O. The van der Waals surface area contributed by atoms with E-state index in [4.69, 9.17) is 4.18 Å². The molecule has 2 unspecified atom stereocenters. The molecule has 4 nitrogen and oxygen atoms in total. The Hall–Kier alpha value is -1.04. The number of Topliss-reactive ketones (excluding diaryl/α,β-unsaturated/α-hetero) is 1. The van der Waals surface area contributed by atoms with E-state index in [0.29, 0.717) is 12.0 Å². The van der Waals surface area contributed by atoms with Gasteiger partial charge in [-0.15, -0.1) is 0 Å². The van der Waals surface area contributed by atoms with Gasteiger partial charge in [-0.05, 0) is 25.3 Å². The van der Waals surface area contributed by atoms with Gasteiger partial charge < -0.3 is 0 Å². The van der Waals surface area contributed by atoms with E-state index in [9.17, 15) is 9.00 Å². The van der Waals surface area contributed by atoms with Crippen molar-refractivity contribution in [2.75, 3.05) is 7.11 Å². The van der Waals surface area contributed by atoms with Crippen molar-refractivity contribution in [1.29, 1.82) is 0 Å². The van der Waals surface area contributed by atoms with Gasteiger partial charge in [0.05, 0.1) is 7.11 Å². The molecule has 1 aliphatic rings. The van der Waals surface area contributed by atoms with Gasteiger partial charge in [-0.2, -0.15) is 4.21 Å². The van der Waals surface area contributed by atoms with Crippen molar-refractivity contribution in [3.63, 3.8) is 0 Å². The van der Waals surface area contributed by atoms with E-state index in [1.807, 2.05) is 18.2 Å². The smallest absolute Gasteiger partial charge is 0.291 e. The fourth-order valence-corrected chi connectivity index (χ4v) is 2.52. The summed E-state index contributed by atoms with van der Waals surface area (Å²) in [6.45, 7) is 1.65. The number of fused-ring (bicyclic) bond motifs is 1. The van der Waals surface area contributed by atoms with Crippen LogP contribution in [-0.2, 0) is 26.1 Å². The van der Waals surface area contributed by atoms with E-state index in [1.54, 1.807) is 13.0 Å². The molecule has 92 valence electrons. The standard InChI is InChI=1S/C12H14O4S/c1-12(16-17(14)15-2)8-7-9-5-3-4-6-10(9)11(12)13/h3-6H,7-8H2,1-2H3. The quantitative estimate of drug-likeness (QED) is 0.825. The lowest BCUT2D eigenvalue weighted by Crippen LogP contribution is -2.43. The third-order valence-corrected chi connectivity index (χ3v) is 3.78. The van der Waals surface area contributed by atoms with Crippen molar-refractivity contribution in [1.82, 2.24) is 0 Å². The normalized spacial score (nSPS) is 25.4. The molecule has 0 saturated carbocycles. The summed E-state index contributed by atoms with van der Waals surface area (Å²) in [6, 6.07) is 7.42. The molecule has 2 rings (SSSR count). The van der Waals surface area contributed by atoms with Crippen LogP contribution in [0.15, 0.2) is 24.3 Å². The lowest BCUT2D eigenvalue weighted by atomic mass is 9.81. The molecule has 0 amide bonds. The minimum absolute atomic E-state index is 0.134. The number of carbonyl (C=O) groups excluding carboxylic acids is 1. The first kappa shape index (κ1) is 12.4. The average molecular weight is 254 g/mol. The highest BCUT2D eigenvalue weighted by molar-refractivity contribution is 7.75. The molecule has 0 heterocycles. The van der Waals surface area contributed by atoms with Gasteiger partial charge in [-0.3, -0.25) is 13.2 Å². The lowest BCUT2D eigenvalue weighted by Gasteiger charge is -2.31. The van der Waals surface area contributed by atoms with Crippen LogP contribution in [-0.4, -0.2) is 22.7 Å². The van der Waals surface area contributed by atoms with Crippen LogP contribution in [0.5, 0.6) is 0 Å². The highest BCUT2D eigenvalue weighted by Gasteiger charge is 2.41. The van der Waals surface area contributed by atoms with Crippen molar-refractivity contribution in [2.24, 2.45) is 0 Å². The predicted octanol–water partition coefficient (Wildman–Crippen LogP) is 1.82. The van der Waals surface area contributed by atoms with Crippen molar-refractivity contribution in [3.05, 3.63) is 35.4 Å². The van der Waals surface area contributed by atoms with Crippen LogP contribution in [0.2, 0.25) is 0 Å². The number of benzene rings is 1. The molecule has 2 atom stereocenters. The number of hydrogen-bond donors (Lipinski definition) is 0. The van der Waals surface area contributed by atoms with Crippen LogP contribution in [0.1, 0.15) is 29.3 Å². The van der Waals surface area contributed by atoms with Gasteiger partial charge >= 0.3 is 11.4 Å². The highest BCUT2D eigenvalue weighted by Crippen LogP contribution is 2.31.